The van der Waals surface area contributed by atoms with Crippen molar-refractivity contribution in [2.75, 3.05) is 7.11 Å². The maximum atomic E-state index is 11.1. The Morgan fingerprint density at radius 3 is 2.00 bits per heavy atom. The number of nitrogens with two attached hydrogens (primary N) is 1. The van der Waals surface area contributed by atoms with Crippen molar-refractivity contribution >= 4 is 12.0 Å². The van der Waals surface area contributed by atoms with Crippen molar-refractivity contribution in [3.63, 3.8) is 0 Å². The van der Waals surface area contributed by atoms with Crippen LogP contribution in [0.2, 0.25) is 0 Å². The number of hydrogen-bond donors (Lipinski definition) is 2. The average Bonchev–Trinajstić information content (AvgIpc) is 2.57. The van der Waals surface area contributed by atoms with Crippen LogP contribution in [0.1, 0.15) is 46.6 Å². The first kappa shape index (κ1) is 23.2. The molecule has 1 rings (SSSR count). The van der Waals surface area contributed by atoms with Crippen LogP contribution in [0.15, 0.2) is 30.3 Å². The number of primary amides is 1. The van der Waals surface area contributed by atoms with Crippen molar-refractivity contribution in [2.24, 2.45) is 11.7 Å². The fourth-order valence-electron chi connectivity index (χ4n) is 1.27. The fraction of sp³-hybridized carbons (Fsp3) is 0.556. The predicted molar refractivity (Wildman–Crippen MR) is 95.1 cm³/mol. The number of ether oxygens (including phenoxy) is 1. The van der Waals surface area contributed by atoms with Gasteiger partial charge >= 0.3 is 6.09 Å². The summed E-state index contributed by atoms with van der Waals surface area (Å²) in [5.74, 6) is 0.296. The van der Waals surface area contributed by atoms with Gasteiger partial charge in [0.15, 0.2) is 0 Å². The number of nitrogens with one attached hydrogen (secondary N) is 1. The van der Waals surface area contributed by atoms with Crippen molar-refractivity contribution in [1.82, 2.24) is 5.32 Å². The third-order valence-corrected chi connectivity index (χ3v) is 2.92. The van der Waals surface area contributed by atoms with E-state index in [1.54, 1.807) is 0 Å². The molecule has 0 radical (unpaired) electrons. The summed E-state index contributed by atoms with van der Waals surface area (Å²) in [7, 11) is 1.23. The molecule has 0 aromatic heterocycles. The van der Waals surface area contributed by atoms with Gasteiger partial charge in [-0.2, -0.15) is 0 Å². The van der Waals surface area contributed by atoms with Crippen LogP contribution >= 0.6 is 0 Å². The van der Waals surface area contributed by atoms with Crippen LogP contribution < -0.4 is 11.1 Å². The van der Waals surface area contributed by atoms with Crippen LogP contribution in [0.25, 0.3) is 0 Å². The standard InChI is InChI=1S/C11H14N2O3.C5H12.C2H6/c1-16-11(15)13-9(10(12)14)7-8-5-3-2-4-6-8;1-4-5(2)3;1-2/h2-6,9H,7H2,1H3,(H2,12,14)(H,13,15);5H,4H2,1-3H3;1-2H3. The molecule has 0 saturated carbocycles. The molecule has 0 heterocycles. The van der Waals surface area contributed by atoms with E-state index in [1.165, 1.54) is 13.5 Å². The third-order valence-electron chi connectivity index (χ3n) is 2.92. The van der Waals surface area contributed by atoms with Crippen LogP contribution in [0.5, 0.6) is 0 Å². The Bertz CT molecular complexity index is 420. The molecular formula is C18H32N2O3. The van der Waals surface area contributed by atoms with Gasteiger partial charge in [-0.25, -0.2) is 4.79 Å². The lowest BCUT2D eigenvalue weighted by Crippen LogP contribution is -2.45. The summed E-state index contributed by atoms with van der Waals surface area (Å²) in [4.78, 5) is 22.1. The van der Waals surface area contributed by atoms with Gasteiger partial charge in [-0.15, -0.1) is 0 Å². The van der Waals surface area contributed by atoms with Crippen LogP contribution in [0.3, 0.4) is 0 Å². The van der Waals surface area contributed by atoms with E-state index in [0.29, 0.717) is 6.42 Å². The SMILES string of the molecule is CC.CCC(C)C.COC(=O)NC(Cc1ccccc1)C(N)=O. The molecule has 2 amide bonds. The monoisotopic (exact) mass is 324 g/mol. The lowest BCUT2D eigenvalue weighted by Gasteiger charge is -2.14. The summed E-state index contributed by atoms with van der Waals surface area (Å²) in [6.45, 7) is 10.6. The van der Waals surface area contributed by atoms with Gasteiger partial charge in [0.1, 0.15) is 6.04 Å². The lowest BCUT2D eigenvalue weighted by atomic mass is 10.1. The molecule has 0 saturated heterocycles. The van der Waals surface area contributed by atoms with E-state index in [4.69, 9.17) is 5.73 Å². The zero-order valence-electron chi connectivity index (χ0n) is 15.3. The molecule has 1 aromatic rings. The summed E-state index contributed by atoms with van der Waals surface area (Å²) in [5.41, 5.74) is 6.10. The van der Waals surface area contributed by atoms with Gasteiger partial charge in [0.2, 0.25) is 5.91 Å². The van der Waals surface area contributed by atoms with Crippen molar-refractivity contribution < 1.29 is 14.3 Å². The molecule has 0 fully saturated rings. The van der Waals surface area contributed by atoms with Gasteiger partial charge in [0.25, 0.3) is 0 Å². The third kappa shape index (κ3) is 13.4. The first-order valence-electron chi connectivity index (χ1n) is 8.08. The summed E-state index contributed by atoms with van der Waals surface area (Å²) in [5, 5.41) is 2.38. The largest absolute Gasteiger partial charge is 0.453 e. The van der Waals surface area contributed by atoms with Gasteiger partial charge in [-0.05, 0) is 11.5 Å². The first-order valence-corrected chi connectivity index (χ1v) is 8.08. The highest BCUT2D eigenvalue weighted by Gasteiger charge is 2.18. The van der Waals surface area contributed by atoms with E-state index in [-0.39, 0.29) is 0 Å². The Kier molecular flexibility index (Phi) is 15.0. The maximum absolute atomic E-state index is 11.1. The molecule has 0 aliphatic heterocycles. The van der Waals surface area contributed by atoms with E-state index >= 15 is 0 Å². The molecule has 0 bridgehead atoms. The highest BCUT2D eigenvalue weighted by molar-refractivity contribution is 5.84. The van der Waals surface area contributed by atoms with Crippen molar-refractivity contribution in [3.8, 4) is 0 Å². The minimum atomic E-state index is -0.755. The van der Waals surface area contributed by atoms with E-state index in [1.807, 2.05) is 44.2 Å². The topological polar surface area (TPSA) is 81.4 Å². The zero-order chi connectivity index (χ0) is 18.3. The van der Waals surface area contributed by atoms with Crippen molar-refractivity contribution in [3.05, 3.63) is 35.9 Å². The summed E-state index contributed by atoms with van der Waals surface area (Å²) in [6, 6.07) is 8.53. The van der Waals surface area contributed by atoms with Gasteiger partial charge < -0.3 is 15.8 Å². The highest BCUT2D eigenvalue weighted by atomic mass is 16.5. The van der Waals surface area contributed by atoms with Crippen LogP contribution in [0.4, 0.5) is 4.79 Å². The number of carbonyl (C=O) groups is 2. The second-order valence-corrected chi connectivity index (χ2v) is 5.08. The minimum absolute atomic E-state index is 0.352. The second-order valence-electron chi connectivity index (χ2n) is 5.08. The molecule has 3 N–H and O–H groups in total. The minimum Gasteiger partial charge on any atom is -0.453 e. The predicted octanol–water partition coefficient (Wildman–Crippen LogP) is 3.52. The van der Waals surface area contributed by atoms with E-state index in [2.05, 4.69) is 30.8 Å². The fourth-order valence-corrected chi connectivity index (χ4v) is 1.27. The Morgan fingerprint density at radius 1 is 1.17 bits per heavy atom. The number of alkyl carbamates (subject to hydrolysis) is 1. The quantitative estimate of drug-likeness (QED) is 0.869. The van der Waals surface area contributed by atoms with Crippen LogP contribution in [-0.4, -0.2) is 25.2 Å². The molecule has 0 aliphatic carbocycles. The van der Waals surface area contributed by atoms with E-state index in [0.717, 1.165) is 11.5 Å². The van der Waals surface area contributed by atoms with Gasteiger partial charge in [-0.1, -0.05) is 71.4 Å². The number of hydrogen-bond acceptors (Lipinski definition) is 3. The lowest BCUT2D eigenvalue weighted by molar-refractivity contribution is -0.119. The first-order chi connectivity index (χ1) is 10.9. The van der Waals surface area contributed by atoms with E-state index in [9.17, 15) is 9.59 Å². The second kappa shape index (κ2) is 14.9. The van der Waals surface area contributed by atoms with Gasteiger partial charge in [0, 0.05) is 6.42 Å². The van der Waals surface area contributed by atoms with Gasteiger partial charge in [0.05, 0.1) is 7.11 Å². The van der Waals surface area contributed by atoms with Crippen LogP contribution in [-0.2, 0) is 16.0 Å². The van der Waals surface area contributed by atoms with E-state index < -0.39 is 18.0 Å². The molecule has 132 valence electrons. The summed E-state index contributed by atoms with van der Waals surface area (Å²) in [6.07, 6.45) is 0.991. The number of methoxy groups -OCH3 is 1. The molecule has 0 spiro atoms. The smallest absolute Gasteiger partial charge is 0.407 e. The average molecular weight is 324 g/mol. The molecule has 5 heteroatoms. The Balaban J connectivity index is 0. The number of carbonyl (C=O) groups excluding carboxylic acids is 2. The number of rotatable bonds is 5. The molecule has 0 aliphatic rings. The molecule has 1 aromatic carbocycles. The van der Waals surface area contributed by atoms with Gasteiger partial charge in [-0.3, -0.25) is 4.79 Å². The Labute approximate surface area is 140 Å². The van der Waals surface area contributed by atoms with Crippen molar-refractivity contribution in [1.29, 1.82) is 0 Å². The summed E-state index contributed by atoms with van der Waals surface area (Å²) >= 11 is 0. The molecule has 1 atom stereocenters. The molecule has 23 heavy (non-hydrogen) atoms. The Morgan fingerprint density at radius 2 is 1.65 bits per heavy atom. The molecule has 1 unspecified atom stereocenters. The zero-order valence-corrected chi connectivity index (χ0v) is 15.3. The number of benzene rings is 1. The normalized spacial score (nSPS) is 10.4. The number of amides is 2. The van der Waals surface area contributed by atoms with Crippen molar-refractivity contribution in [2.45, 2.75) is 53.5 Å². The maximum Gasteiger partial charge on any atom is 0.407 e. The summed E-state index contributed by atoms with van der Waals surface area (Å²) < 4.78 is 4.41. The van der Waals surface area contributed by atoms with Crippen LogP contribution in [0, 0.1) is 5.92 Å². The molecule has 5 nitrogen and oxygen atoms in total. The Hall–Kier alpha value is -2.04. The highest BCUT2D eigenvalue weighted by Crippen LogP contribution is 2.03. The molecular weight excluding hydrogens is 292 g/mol.